The van der Waals surface area contributed by atoms with Gasteiger partial charge in [-0.3, -0.25) is 0 Å². The Bertz CT molecular complexity index is 1050. The highest BCUT2D eigenvalue weighted by molar-refractivity contribution is 6.74. The molecule has 4 rings (SSSR count). The first-order chi connectivity index (χ1) is 19.0. The molecule has 0 heterocycles. The van der Waals surface area contributed by atoms with Crippen LogP contribution in [0.3, 0.4) is 0 Å². The molecule has 4 aliphatic carbocycles. The molecule has 0 bridgehead atoms. The minimum absolute atomic E-state index is 0.180. The minimum atomic E-state index is -2.84. The molecule has 200 valence electrons. The van der Waals surface area contributed by atoms with Gasteiger partial charge in [-0.1, -0.05) is 71.6 Å². The molecule has 7 atom stereocenters. The Morgan fingerprint density at radius 3 is 2.60 bits per heavy atom. The SMILES string of the molecule is [2H]C([2H])([2H])C([2H])(CC/C=C(/C)[C@@H]1CC[C@@H]2[C@H]3CC=C4C[C@H](O[Si](C)(C)C(C)(C)C)CC[C@@]4(C)[C@@H]3CC[C@]21C)C([2H])([2H])[2H]. The highest BCUT2D eigenvalue weighted by atomic mass is 28.4. The Morgan fingerprint density at radius 2 is 1.91 bits per heavy atom. The topological polar surface area (TPSA) is 9.23 Å². The van der Waals surface area contributed by atoms with Gasteiger partial charge in [0.1, 0.15) is 0 Å². The second-order valence-electron chi connectivity index (χ2n) is 14.6. The molecule has 0 spiro atoms. The number of hydrogen-bond acceptors (Lipinski definition) is 1. The molecule has 0 saturated heterocycles. The molecule has 0 aromatic rings. The summed E-state index contributed by atoms with van der Waals surface area (Å²) >= 11 is 0. The van der Waals surface area contributed by atoms with Crippen LogP contribution >= 0.6 is 0 Å². The maximum Gasteiger partial charge on any atom is 0.192 e. The largest absolute Gasteiger partial charge is 0.414 e. The van der Waals surface area contributed by atoms with Crippen LogP contribution in [0.1, 0.15) is 129 Å². The molecule has 0 aromatic carbocycles. The molecular formula is C33H58OSi. The fraction of sp³-hybridized carbons (Fsp3) is 0.879. The normalized spacial score (nSPS) is 44.2. The van der Waals surface area contributed by atoms with Gasteiger partial charge in [0.2, 0.25) is 0 Å². The van der Waals surface area contributed by atoms with Crippen LogP contribution in [0.4, 0.5) is 0 Å². The molecular weight excluding hydrogens is 440 g/mol. The van der Waals surface area contributed by atoms with Crippen molar-refractivity contribution < 1.29 is 14.0 Å². The molecule has 1 nitrogen and oxygen atoms in total. The van der Waals surface area contributed by atoms with Gasteiger partial charge in [-0.05, 0) is 130 Å². The van der Waals surface area contributed by atoms with Gasteiger partial charge in [-0.2, -0.15) is 0 Å². The zero-order valence-electron chi connectivity index (χ0n) is 31.0. The lowest BCUT2D eigenvalue weighted by Crippen LogP contribution is -2.51. The number of rotatable bonds is 6. The van der Waals surface area contributed by atoms with Gasteiger partial charge in [-0.25, -0.2) is 0 Å². The van der Waals surface area contributed by atoms with Gasteiger partial charge in [0.05, 0.1) is 0 Å². The number of fused-ring (bicyclic) bond motifs is 5. The fourth-order valence-electron chi connectivity index (χ4n) is 8.66. The van der Waals surface area contributed by atoms with E-state index in [-0.39, 0.29) is 22.3 Å². The van der Waals surface area contributed by atoms with E-state index in [4.69, 9.17) is 14.0 Å². The van der Waals surface area contributed by atoms with E-state index in [1.165, 1.54) is 44.1 Å². The molecule has 3 saturated carbocycles. The van der Waals surface area contributed by atoms with Crippen molar-refractivity contribution in [2.45, 2.75) is 144 Å². The van der Waals surface area contributed by atoms with Gasteiger partial charge < -0.3 is 4.43 Å². The van der Waals surface area contributed by atoms with Crippen molar-refractivity contribution in [3.05, 3.63) is 23.3 Å². The van der Waals surface area contributed by atoms with Crippen LogP contribution in [-0.2, 0) is 4.43 Å². The summed E-state index contributed by atoms with van der Waals surface area (Å²) in [6, 6.07) is 0. The zero-order valence-corrected chi connectivity index (χ0v) is 25.0. The third-order valence-corrected chi connectivity index (χ3v) is 16.3. The van der Waals surface area contributed by atoms with Gasteiger partial charge in [0.25, 0.3) is 0 Å². The molecule has 0 radical (unpaired) electrons. The quantitative estimate of drug-likeness (QED) is 0.257. The lowest BCUT2D eigenvalue weighted by atomic mass is 9.47. The summed E-state index contributed by atoms with van der Waals surface area (Å²) in [4.78, 5) is 0. The van der Waals surface area contributed by atoms with Crippen LogP contribution in [0.15, 0.2) is 23.3 Å². The second kappa shape index (κ2) is 9.76. The lowest BCUT2D eigenvalue weighted by molar-refractivity contribution is -0.0444. The summed E-state index contributed by atoms with van der Waals surface area (Å²) in [7, 11) is -1.79. The van der Waals surface area contributed by atoms with Gasteiger partial charge in [0, 0.05) is 15.7 Å². The first kappa shape index (κ1) is 19.7. The first-order valence-corrected chi connectivity index (χ1v) is 17.4. The van der Waals surface area contributed by atoms with Crippen molar-refractivity contribution in [1.29, 1.82) is 0 Å². The summed E-state index contributed by atoms with van der Waals surface area (Å²) in [6.45, 7) is 13.3. The molecule has 4 aliphatic rings. The molecule has 0 amide bonds. The maximum absolute atomic E-state index is 8.37. The van der Waals surface area contributed by atoms with E-state index in [0.717, 1.165) is 18.8 Å². The summed E-state index contributed by atoms with van der Waals surface area (Å²) in [5, 5.41) is 0.231. The van der Waals surface area contributed by atoms with Crippen molar-refractivity contribution in [3.8, 4) is 0 Å². The van der Waals surface area contributed by atoms with E-state index in [9.17, 15) is 0 Å². The smallest absolute Gasteiger partial charge is 0.192 e. The van der Waals surface area contributed by atoms with Crippen LogP contribution in [0.5, 0.6) is 0 Å². The third kappa shape index (κ3) is 5.06. The van der Waals surface area contributed by atoms with Crippen molar-refractivity contribution in [3.63, 3.8) is 0 Å². The van der Waals surface area contributed by atoms with Crippen LogP contribution in [-0.4, -0.2) is 14.4 Å². The minimum Gasteiger partial charge on any atom is -0.414 e. The predicted molar refractivity (Wildman–Crippen MR) is 155 cm³/mol. The molecule has 0 aliphatic heterocycles. The van der Waals surface area contributed by atoms with E-state index < -0.39 is 27.9 Å². The molecule has 0 N–H and O–H groups in total. The van der Waals surface area contributed by atoms with E-state index >= 15 is 0 Å². The number of allylic oxidation sites excluding steroid dienone is 3. The molecule has 35 heavy (non-hydrogen) atoms. The fourth-order valence-corrected chi connectivity index (χ4v) is 10.0. The average molecular weight is 506 g/mol. The van der Waals surface area contributed by atoms with E-state index in [1.807, 2.05) is 0 Å². The van der Waals surface area contributed by atoms with E-state index in [1.54, 1.807) is 5.57 Å². The van der Waals surface area contributed by atoms with Crippen molar-refractivity contribution in [1.82, 2.24) is 0 Å². The van der Waals surface area contributed by atoms with Crippen molar-refractivity contribution in [2.75, 3.05) is 0 Å². The van der Waals surface area contributed by atoms with Crippen LogP contribution in [0, 0.1) is 40.4 Å². The lowest BCUT2D eigenvalue weighted by Gasteiger charge is -2.58. The predicted octanol–water partition coefficient (Wildman–Crippen LogP) is 10.3. The maximum atomic E-state index is 8.37. The molecule has 0 aromatic heterocycles. The van der Waals surface area contributed by atoms with Crippen LogP contribution in [0.25, 0.3) is 0 Å². The highest BCUT2D eigenvalue weighted by Crippen LogP contribution is 2.67. The Hall–Kier alpha value is -0.343. The van der Waals surface area contributed by atoms with Gasteiger partial charge in [0.15, 0.2) is 8.32 Å². The highest BCUT2D eigenvalue weighted by Gasteiger charge is 2.59. The summed E-state index contributed by atoms with van der Waals surface area (Å²) in [5.41, 5.74) is 3.43. The second-order valence-corrected chi connectivity index (χ2v) is 19.4. The van der Waals surface area contributed by atoms with Crippen molar-refractivity contribution in [2.24, 2.45) is 40.4 Å². The Morgan fingerprint density at radius 1 is 1.17 bits per heavy atom. The Balaban J connectivity index is 1.47. The zero-order chi connectivity index (χ0) is 31.7. The Labute approximate surface area is 229 Å². The molecule has 0 unspecified atom stereocenters. The van der Waals surface area contributed by atoms with Gasteiger partial charge >= 0.3 is 0 Å². The molecule has 3 fully saturated rings. The summed E-state index contributed by atoms with van der Waals surface area (Å²) in [6.07, 6.45) is 14.7. The molecule has 2 heteroatoms. The standard InChI is InChI=1S/C33H58OSi/c1-23(2)12-11-13-24(3)28-16-17-29-27-15-14-25-22-26(34-35(9,10)31(4,5)6)18-20-32(25,7)30(27)19-21-33(28,29)8/h13-14,23,26-30H,11-12,15-22H2,1-10H3/b24-13-/t26-,27-,28+,29-,30-,32-,33+/m1/s1/i1D3,2D3,23D. The number of hydrogen-bond donors (Lipinski definition) is 0. The van der Waals surface area contributed by atoms with E-state index in [2.05, 4.69) is 66.8 Å². The van der Waals surface area contributed by atoms with Gasteiger partial charge in [-0.15, -0.1) is 0 Å². The van der Waals surface area contributed by atoms with Crippen molar-refractivity contribution >= 4 is 8.32 Å². The average Bonchev–Trinajstić information content (AvgIpc) is 3.19. The monoisotopic (exact) mass is 505 g/mol. The van der Waals surface area contributed by atoms with Crippen LogP contribution in [0.2, 0.25) is 18.1 Å². The van der Waals surface area contributed by atoms with Crippen LogP contribution < -0.4 is 0 Å². The van der Waals surface area contributed by atoms with E-state index in [0.29, 0.717) is 30.3 Å². The third-order valence-electron chi connectivity index (χ3n) is 11.7. The first-order valence-electron chi connectivity index (χ1n) is 18.0. The summed E-state index contributed by atoms with van der Waals surface area (Å²) in [5.74, 6) is 0.124. The Kier molecular flexibility index (Phi) is 5.49. The summed E-state index contributed by atoms with van der Waals surface area (Å²) < 4.78 is 61.7.